The van der Waals surface area contributed by atoms with E-state index in [2.05, 4.69) is 10.6 Å². The number of amides is 2. The molecule has 0 unspecified atom stereocenters. The zero-order valence-electron chi connectivity index (χ0n) is 14.5. The molecule has 1 aliphatic rings. The van der Waals surface area contributed by atoms with Crippen LogP contribution >= 0.6 is 0 Å². The summed E-state index contributed by atoms with van der Waals surface area (Å²) in [5, 5.41) is 5.60. The van der Waals surface area contributed by atoms with Gasteiger partial charge in [-0.1, -0.05) is 18.2 Å². The van der Waals surface area contributed by atoms with Crippen LogP contribution in [0.1, 0.15) is 20.7 Å². The number of methoxy groups -OCH3 is 1. The van der Waals surface area contributed by atoms with Crippen molar-refractivity contribution < 1.29 is 19.1 Å². The van der Waals surface area contributed by atoms with Crippen molar-refractivity contribution in [1.82, 2.24) is 0 Å². The second-order valence-electron chi connectivity index (χ2n) is 5.95. The van der Waals surface area contributed by atoms with Gasteiger partial charge in [0.1, 0.15) is 11.5 Å². The maximum atomic E-state index is 12.5. The third kappa shape index (κ3) is 3.32. The zero-order chi connectivity index (χ0) is 18.8. The Morgan fingerprint density at radius 1 is 1.00 bits per heavy atom. The molecule has 6 heteroatoms. The Morgan fingerprint density at radius 2 is 1.85 bits per heavy atom. The standard InChI is InChI=1S/C21H16N2O4/c1-26-15-6-4-5-13(11-15)20(24)22-14-9-10-18-16(12-14)21(25)23-17-7-2-3-8-19(17)27-18/h2-12H,1H3,(H,22,24)(H,23,25). The third-order valence-electron chi connectivity index (χ3n) is 4.17. The van der Waals surface area contributed by atoms with Gasteiger partial charge in [-0.3, -0.25) is 9.59 Å². The molecule has 0 aliphatic carbocycles. The molecular formula is C21H16N2O4. The highest BCUT2D eigenvalue weighted by molar-refractivity contribution is 6.10. The second kappa shape index (κ2) is 6.84. The minimum atomic E-state index is -0.299. The predicted octanol–water partition coefficient (Wildman–Crippen LogP) is 4.31. The number of ether oxygens (including phenoxy) is 2. The molecule has 1 aliphatic heterocycles. The molecule has 134 valence electrons. The summed E-state index contributed by atoms with van der Waals surface area (Å²) in [6.45, 7) is 0. The summed E-state index contributed by atoms with van der Waals surface area (Å²) in [6, 6.07) is 19.0. The lowest BCUT2D eigenvalue weighted by molar-refractivity contribution is 0.101. The van der Waals surface area contributed by atoms with Gasteiger partial charge in [-0.25, -0.2) is 0 Å². The van der Waals surface area contributed by atoms with Crippen LogP contribution in [0.2, 0.25) is 0 Å². The lowest BCUT2D eigenvalue weighted by atomic mass is 10.1. The van der Waals surface area contributed by atoms with Crippen LogP contribution in [-0.4, -0.2) is 18.9 Å². The molecule has 0 bridgehead atoms. The Morgan fingerprint density at radius 3 is 2.70 bits per heavy atom. The number of anilines is 2. The average molecular weight is 360 g/mol. The molecule has 0 aromatic heterocycles. The Labute approximate surface area is 155 Å². The van der Waals surface area contributed by atoms with Crippen molar-refractivity contribution in [3.8, 4) is 17.2 Å². The van der Waals surface area contributed by atoms with Crippen molar-refractivity contribution in [2.75, 3.05) is 17.7 Å². The van der Waals surface area contributed by atoms with Crippen LogP contribution in [0.5, 0.6) is 17.2 Å². The predicted molar refractivity (Wildman–Crippen MR) is 102 cm³/mol. The van der Waals surface area contributed by atoms with Gasteiger partial charge < -0.3 is 20.1 Å². The minimum Gasteiger partial charge on any atom is -0.497 e. The van der Waals surface area contributed by atoms with Crippen molar-refractivity contribution in [2.45, 2.75) is 0 Å². The summed E-state index contributed by atoms with van der Waals surface area (Å²) in [5.41, 5.74) is 1.89. The number of para-hydroxylation sites is 2. The van der Waals surface area contributed by atoms with E-state index in [9.17, 15) is 9.59 Å². The van der Waals surface area contributed by atoms with E-state index in [1.807, 2.05) is 12.1 Å². The van der Waals surface area contributed by atoms with Gasteiger partial charge in [-0.05, 0) is 48.5 Å². The molecule has 4 rings (SSSR count). The largest absolute Gasteiger partial charge is 0.497 e. The molecule has 0 atom stereocenters. The van der Waals surface area contributed by atoms with Gasteiger partial charge in [0.05, 0.1) is 18.4 Å². The molecule has 2 amide bonds. The fraction of sp³-hybridized carbons (Fsp3) is 0.0476. The highest BCUT2D eigenvalue weighted by atomic mass is 16.5. The molecule has 1 heterocycles. The summed E-state index contributed by atoms with van der Waals surface area (Å²) in [5.74, 6) is 0.990. The number of nitrogens with one attached hydrogen (secondary N) is 2. The van der Waals surface area contributed by atoms with Crippen LogP contribution in [0.4, 0.5) is 11.4 Å². The minimum absolute atomic E-state index is 0.299. The molecule has 6 nitrogen and oxygen atoms in total. The number of carbonyl (C=O) groups is 2. The SMILES string of the molecule is COc1cccc(C(=O)Nc2ccc3c(c2)C(=O)Nc2ccccc2O3)c1. The lowest BCUT2D eigenvalue weighted by Gasteiger charge is -2.10. The van der Waals surface area contributed by atoms with E-state index in [4.69, 9.17) is 9.47 Å². The van der Waals surface area contributed by atoms with Crippen molar-refractivity contribution in [3.63, 3.8) is 0 Å². The first-order chi connectivity index (χ1) is 13.1. The van der Waals surface area contributed by atoms with Gasteiger partial charge in [-0.15, -0.1) is 0 Å². The molecule has 0 saturated carbocycles. The summed E-state index contributed by atoms with van der Waals surface area (Å²) in [6.07, 6.45) is 0. The van der Waals surface area contributed by atoms with Crippen LogP contribution in [0.25, 0.3) is 0 Å². The molecule has 0 saturated heterocycles. The number of benzene rings is 3. The smallest absolute Gasteiger partial charge is 0.259 e. The van der Waals surface area contributed by atoms with Gasteiger partial charge >= 0.3 is 0 Å². The number of hydrogen-bond acceptors (Lipinski definition) is 4. The fourth-order valence-corrected chi connectivity index (χ4v) is 2.81. The van der Waals surface area contributed by atoms with Gasteiger partial charge in [0, 0.05) is 11.3 Å². The highest BCUT2D eigenvalue weighted by Gasteiger charge is 2.21. The topological polar surface area (TPSA) is 76.7 Å². The first kappa shape index (κ1) is 16.7. The number of fused-ring (bicyclic) bond motifs is 2. The van der Waals surface area contributed by atoms with E-state index in [0.29, 0.717) is 39.8 Å². The number of hydrogen-bond donors (Lipinski definition) is 2. The summed E-state index contributed by atoms with van der Waals surface area (Å²) >= 11 is 0. The zero-order valence-corrected chi connectivity index (χ0v) is 14.5. The van der Waals surface area contributed by atoms with Crippen molar-refractivity contribution >= 4 is 23.2 Å². The van der Waals surface area contributed by atoms with Crippen LogP contribution in [0, 0.1) is 0 Å². The molecule has 3 aromatic carbocycles. The first-order valence-corrected chi connectivity index (χ1v) is 8.32. The van der Waals surface area contributed by atoms with Gasteiger partial charge in [0.2, 0.25) is 0 Å². The van der Waals surface area contributed by atoms with Gasteiger partial charge in [-0.2, -0.15) is 0 Å². The fourth-order valence-electron chi connectivity index (χ4n) is 2.81. The van der Waals surface area contributed by atoms with Gasteiger partial charge in [0.15, 0.2) is 5.75 Å². The molecule has 0 spiro atoms. The van der Waals surface area contributed by atoms with E-state index in [1.165, 1.54) is 0 Å². The van der Waals surface area contributed by atoms with E-state index in [0.717, 1.165) is 0 Å². The maximum Gasteiger partial charge on any atom is 0.259 e. The monoisotopic (exact) mass is 360 g/mol. The maximum absolute atomic E-state index is 12.5. The van der Waals surface area contributed by atoms with Crippen molar-refractivity contribution in [2.24, 2.45) is 0 Å². The van der Waals surface area contributed by atoms with E-state index >= 15 is 0 Å². The number of carbonyl (C=O) groups excluding carboxylic acids is 2. The molecule has 27 heavy (non-hydrogen) atoms. The summed E-state index contributed by atoms with van der Waals surface area (Å²) in [4.78, 5) is 25.0. The van der Waals surface area contributed by atoms with Crippen LogP contribution in [-0.2, 0) is 0 Å². The van der Waals surface area contributed by atoms with E-state index in [1.54, 1.807) is 61.7 Å². The second-order valence-corrected chi connectivity index (χ2v) is 5.95. The lowest BCUT2D eigenvalue weighted by Crippen LogP contribution is -2.14. The summed E-state index contributed by atoms with van der Waals surface area (Å²) in [7, 11) is 1.54. The molecular weight excluding hydrogens is 344 g/mol. The number of rotatable bonds is 3. The molecule has 0 radical (unpaired) electrons. The third-order valence-corrected chi connectivity index (χ3v) is 4.17. The Kier molecular flexibility index (Phi) is 4.22. The van der Waals surface area contributed by atoms with Gasteiger partial charge in [0.25, 0.3) is 11.8 Å². The normalized spacial score (nSPS) is 12.0. The highest BCUT2D eigenvalue weighted by Crippen LogP contribution is 2.36. The molecule has 3 aromatic rings. The van der Waals surface area contributed by atoms with Crippen LogP contribution in [0.3, 0.4) is 0 Å². The molecule has 2 N–H and O–H groups in total. The first-order valence-electron chi connectivity index (χ1n) is 8.32. The average Bonchev–Trinajstić information content (AvgIpc) is 2.84. The Balaban J connectivity index is 1.61. The quantitative estimate of drug-likeness (QED) is 0.730. The van der Waals surface area contributed by atoms with Crippen LogP contribution in [0.15, 0.2) is 66.7 Å². The van der Waals surface area contributed by atoms with E-state index < -0.39 is 0 Å². The van der Waals surface area contributed by atoms with Crippen molar-refractivity contribution in [3.05, 3.63) is 77.9 Å². The van der Waals surface area contributed by atoms with Crippen LogP contribution < -0.4 is 20.1 Å². The Bertz CT molecular complexity index is 1050. The Hall–Kier alpha value is -3.80. The molecule has 0 fully saturated rings. The van der Waals surface area contributed by atoms with E-state index in [-0.39, 0.29) is 11.8 Å². The van der Waals surface area contributed by atoms with Crippen molar-refractivity contribution in [1.29, 1.82) is 0 Å². The summed E-state index contributed by atoms with van der Waals surface area (Å²) < 4.78 is 11.0.